The molecule has 1 aliphatic carbocycles. The Morgan fingerprint density at radius 1 is 1.03 bits per heavy atom. The van der Waals surface area contributed by atoms with Crippen LogP contribution in [0, 0.1) is 13.8 Å². The van der Waals surface area contributed by atoms with Crippen LogP contribution in [0.4, 0.5) is 0 Å². The van der Waals surface area contributed by atoms with Gasteiger partial charge < -0.3 is 14.2 Å². The summed E-state index contributed by atoms with van der Waals surface area (Å²) in [5, 5.41) is 4.83. The number of rotatable bonds is 5. The molecular weight excluding hydrogens is 378 g/mol. The molecule has 2 aromatic carbocycles. The van der Waals surface area contributed by atoms with Gasteiger partial charge in [-0.25, -0.2) is 4.79 Å². The number of carbonyl (C=O) groups is 1. The van der Waals surface area contributed by atoms with Crippen molar-refractivity contribution in [1.29, 1.82) is 0 Å². The van der Waals surface area contributed by atoms with Gasteiger partial charge >= 0.3 is 5.63 Å². The molecule has 1 fully saturated rings. The molecule has 5 heteroatoms. The average molecular weight is 401 g/mol. The van der Waals surface area contributed by atoms with Crippen molar-refractivity contribution in [1.82, 2.24) is 5.32 Å². The highest BCUT2D eigenvalue weighted by Crippen LogP contribution is 2.37. The Kier molecular flexibility index (Phi) is 4.46. The van der Waals surface area contributed by atoms with Gasteiger partial charge in [-0.1, -0.05) is 30.3 Å². The summed E-state index contributed by atoms with van der Waals surface area (Å²) in [7, 11) is 0. The third-order valence-electron chi connectivity index (χ3n) is 5.88. The van der Waals surface area contributed by atoms with Crippen molar-refractivity contribution in [3.8, 4) is 11.1 Å². The summed E-state index contributed by atoms with van der Waals surface area (Å²) in [6, 6.07) is 14.3. The zero-order valence-corrected chi connectivity index (χ0v) is 17.1. The molecule has 1 saturated carbocycles. The Morgan fingerprint density at radius 2 is 1.77 bits per heavy atom. The van der Waals surface area contributed by atoms with E-state index in [1.54, 1.807) is 6.07 Å². The molecule has 1 N–H and O–H groups in total. The maximum Gasteiger partial charge on any atom is 0.339 e. The Hall–Kier alpha value is -3.34. The summed E-state index contributed by atoms with van der Waals surface area (Å²) < 4.78 is 11.6. The first kappa shape index (κ1) is 18.7. The predicted molar refractivity (Wildman–Crippen MR) is 117 cm³/mol. The summed E-state index contributed by atoms with van der Waals surface area (Å²) in [5.74, 6) is 0.812. The molecule has 4 aromatic rings. The topological polar surface area (TPSA) is 72.5 Å². The number of fused-ring (bicyclic) bond motifs is 2. The van der Waals surface area contributed by atoms with E-state index in [2.05, 4.69) is 17.4 Å². The molecule has 0 atom stereocenters. The highest BCUT2D eigenvalue weighted by Gasteiger charge is 2.23. The van der Waals surface area contributed by atoms with E-state index < -0.39 is 0 Å². The van der Waals surface area contributed by atoms with Crippen molar-refractivity contribution in [2.45, 2.75) is 45.6 Å². The Labute approximate surface area is 173 Å². The molecule has 1 amide bonds. The van der Waals surface area contributed by atoms with E-state index in [4.69, 9.17) is 8.83 Å². The van der Waals surface area contributed by atoms with Crippen LogP contribution < -0.4 is 10.9 Å². The number of furan rings is 1. The molecular formula is C25H23NO4. The fourth-order valence-electron chi connectivity index (χ4n) is 4.12. The lowest BCUT2D eigenvalue weighted by Crippen LogP contribution is -2.26. The molecule has 5 nitrogen and oxygen atoms in total. The second-order valence-electron chi connectivity index (χ2n) is 8.08. The van der Waals surface area contributed by atoms with Gasteiger partial charge in [-0.3, -0.25) is 4.79 Å². The molecule has 0 unspecified atom stereocenters. The normalized spacial score (nSPS) is 13.8. The molecule has 2 aromatic heterocycles. The fourth-order valence-corrected chi connectivity index (χ4v) is 4.12. The minimum absolute atomic E-state index is 0.0105. The smallest absolute Gasteiger partial charge is 0.339 e. The van der Waals surface area contributed by atoms with Crippen LogP contribution in [0.15, 0.2) is 56.1 Å². The zero-order valence-electron chi connectivity index (χ0n) is 17.1. The van der Waals surface area contributed by atoms with Crippen LogP contribution in [0.3, 0.4) is 0 Å². The van der Waals surface area contributed by atoms with Crippen molar-refractivity contribution < 1.29 is 13.6 Å². The maximum atomic E-state index is 12.6. The van der Waals surface area contributed by atoms with Crippen LogP contribution in [-0.2, 0) is 11.2 Å². The first-order valence-electron chi connectivity index (χ1n) is 10.4. The zero-order chi connectivity index (χ0) is 20.8. The molecule has 0 aliphatic heterocycles. The summed E-state index contributed by atoms with van der Waals surface area (Å²) in [4.78, 5) is 24.7. The Balaban J connectivity index is 1.59. The minimum atomic E-state index is -0.384. The quantitative estimate of drug-likeness (QED) is 0.476. The van der Waals surface area contributed by atoms with Crippen LogP contribution in [0.25, 0.3) is 33.1 Å². The van der Waals surface area contributed by atoms with Crippen molar-refractivity contribution >= 4 is 27.8 Å². The Bertz CT molecular complexity index is 1330. The molecule has 152 valence electrons. The summed E-state index contributed by atoms with van der Waals surface area (Å²) in [6.07, 6.45) is 2.76. The van der Waals surface area contributed by atoms with Crippen LogP contribution in [-0.4, -0.2) is 11.9 Å². The van der Waals surface area contributed by atoms with Crippen LogP contribution in [0.1, 0.15) is 36.1 Å². The van der Waals surface area contributed by atoms with Gasteiger partial charge in [-0.2, -0.15) is 0 Å². The number of aryl methyl sites for hydroxylation is 2. The van der Waals surface area contributed by atoms with E-state index >= 15 is 0 Å². The average Bonchev–Trinajstić information content (AvgIpc) is 3.47. The SMILES string of the molecule is Cc1oc2cc3oc(=O)c(CCC(=O)NC4CC4)c(C)c3cc2c1-c1ccccc1. The van der Waals surface area contributed by atoms with Crippen LogP contribution in [0.5, 0.6) is 0 Å². The highest BCUT2D eigenvalue weighted by atomic mass is 16.4. The first-order valence-corrected chi connectivity index (χ1v) is 10.4. The highest BCUT2D eigenvalue weighted by molar-refractivity contribution is 6.03. The largest absolute Gasteiger partial charge is 0.461 e. The van der Waals surface area contributed by atoms with Gasteiger partial charge in [-0.15, -0.1) is 0 Å². The Morgan fingerprint density at radius 3 is 2.50 bits per heavy atom. The van der Waals surface area contributed by atoms with Crippen LogP contribution in [0.2, 0.25) is 0 Å². The third kappa shape index (κ3) is 3.30. The summed E-state index contributed by atoms with van der Waals surface area (Å²) in [5.41, 5.74) is 4.37. The van der Waals surface area contributed by atoms with Crippen LogP contribution >= 0.6 is 0 Å². The van der Waals surface area contributed by atoms with E-state index in [-0.39, 0.29) is 18.0 Å². The summed E-state index contributed by atoms with van der Waals surface area (Å²) in [6.45, 7) is 3.87. The second kappa shape index (κ2) is 7.17. The van der Waals surface area contributed by atoms with Crippen molar-refractivity contribution in [3.63, 3.8) is 0 Å². The van der Waals surface area contributed by atoms with Crippen molar-refractivity contribution in [3.05, 3.63) is 69.8 Å². The first-order chi connectivity index (χ1) is 14.5. The number of nitrogens with one attached hydrogen (secondary N) is 1. The van der Waals surface area contributed by atoms with E-state index in [1.807, 2.05) is 38.1 Å². The number of benzene rings is 2. The van der Waals surface area contributed by atoms with Crippen molar-refractivity contribution in [2.24, 2.45) is 0 Å². The van der Waals surface area contributed by atoms with E-state index in [9.17, 15) is 9.59 Å². The third-order valence-corrected chi connectivity index (χ3v) is 5.88. The predicted octanol–water partition coefficient (Wildman–Crippen LogP) is 5.03. The lowest BCUT2D eigenvalue weighted by atomic mass is 9.98. The maximum absolute atomic E-state index is 12.6. The van der Waals surface area contributed by atoms with Gasteiger partial charge in [0.15, 0.2) is 0 Å². The van der Waals surface area contributed by atoms with E-state index in [1.165, 1.54) is 0 Å². The van der Waals surface area contributed by atoms with E-state index in [0.717, 1.165) is 46.1 Å². The van der Waals surface area contributed by atoms with E-state index in [0.29, 0.717) is 29.2 Å². The van der Waals surface area contributed by atoms with Gasteiger partial charge in [0.05, 0.1) is 0 Å². The van der Waals surface area contributed by atoms with Gasteiger partial charge in [0, 0.05) is 40.4 Å². The number of hydrogen-bond donors (Lipinski definition) is 1. The van der Waals surface area contributed by atoms with Crippen molar-refractivity contribution in [2.75, 3.05) is 0 Å². The number of amides is 1. The molecule has 30 heavy (non-hydrogen) atoms. The molecule has 0 bridgehead atoms. The summed E-state index contributed by atoms with van der Waals surface area (Å²) >= 11 is 0. The van der Waals surface area contributed by atoms with Gasteiger partial charge in [0.2, 0.25) is 5.91 Å². The minimum Gasteiger partial charge on any atom is -0.461 e. The molecule has 0 saturated heterocycles. The lowest BCUT2D eigenvalue weighted by molar-refractivity contribution is -0.121. The molecule has 2 heterocycles. The monoisotopic (exact) mass is 401 g/mol. The molecule has 0 radical (unpaired) electrons. The lowest BCUT2D eigenvalue weighted by Gasteiger charge is -2.09. The van der Waals surface area contributed by atoms with Gasteiger partial charge in [0.1, 0.15) is 16.9 Å². The van der Waals surface area contributed by atoms with Gasteiger partial charge in [0.25, 0.3) is 0 Å². The van der Waals surface area contributed by atoms with Gasteiger partial charge in [-0.05, 0) is 50.3 Å². The second-order valence-corrected chi connectivity index (χ2v) is 8.08. The number of carbonyl (C=O) groups excluding carboxylic acids is 1. The standard InChI is InChI=1S/C25H23NO4/c1-14-18(10-11-23(27)26-17-8-9-17)25(28)30-21-13-22-20(12-19(14)21)24(15(2)29-22)16-6-4-3-5-7-16/h3-7,12-13,17H,8-11H2,1-2H3,(H,26,27). The molecule has 5 rings (SSSR count). The fraction of sp³-hybridized carbons (Fsp3) is 0.280. The molecule has 1 aliphatic rings. The molecule has 0 spiro atoms. The number of hydrogen-bond acceptors (Lipinski definition) is 4.